The van der Waals surface area contributed by atoms with Gasteiger partial charge in [0.05, 0.1) is 23.6 Å². The Labute approximate surface area is 124 Å². The van der Waals surface area contributed by atoms with E-state index in [0.717, 1.165) is 23.5 Å². The minimum atomic E-state index is -0.248. The predicted molar refractivity (Wildman–Crippen MR) is 80.7 cm³/mol. The first-order valence-electron chi connectivity index (χ1n) is 7.10. The summed E-state index contributed by atoms with van der Waals surface area (Å²) in [6.45, 7) is 6.03. The van der Waals surface area contributed by atoms with Crippen LogP contribution in [0, 0.1) is 19.7 Å². The minimum Gasteiger partial charge on any atom is -0.323 e. The van der Waals surface area contributed by atoms with Gasteiger partial charge in [-0.3, -0.25) is 9.48 Å². The number of nitrogens with zero attached hydrogens (tertiary/aromatic N) is 2. The highest BCUT2D eigenvalue weighted by Gasteiger charge is 2.14. The minimum absolute atomic E-state index is 0.0193. The second-order valence-corrected chi connectivity index (χ2v) is 5.09. The van der Waals surface area contributed by atoms with Crippen molar-refractivity contribution < 1.29 is 9.18 Å². The molecule has 1 heterocycles. The molecule has 0 spiro atoms. The average molecular weight is 289 g/mol. The van der Waals surface area contributed by atoms with Crippen LogP contribution >= 0.6 is 0 Å². The van der Waals surface area contributed by atoms with Crippen LogP contribution in [0.5, 0.6) is 0 Å². The Morgan fingerprint density at radius 1 is 1.33 bits per heavy atom. The van der Waals surface area contributed by atoms with Gasteiger partial charge in [-0.05, 0) is 26.3 Å². The van der Waals surface area contributed by atoms with Crippen molar-refractivity contribution in [2.24, 2.45) is 0 Å². The van der Waals surface area contributed by atoms with Crippen LogP contribution in [0.15, 0.2) is 24.3 Å². The van der Waals surface area contributed by atoms with Crippen molar-refractivity contribution in [2.45, 2.75) is 40.2 Å². The van der Waals surface area contributed by atoms with Gasteiger partial charge in [0, 0.05) is 12.0 Å². The van der Waals surface area contributed by atoms with Crippen molar-refractivity contribution >= 4 is 11.6 Å². The molecule has 2 rings (SSSR count). The summed E-state index contributed by atoms with van der Waals surface area (Å²) in [5.41, 5.74) is 2.88. The van der Waals surface area contributed by atoms with Crippen molar-refractivity contribution in [1.29, 1.82) is 0 Å². The van der Waals surface area contributed by atoms with E-state index in [9.17, 15) is 9.18 Å². The molecule has 0 aliphatic heterocycles. The lowest BCUT2D eigenvalue weighted by atomic mass is 10.2. The maximum atomic E-state index is 13.7. The van der Waals surface area contributed by atoms with E-state index in [0.29, 0.717) is 18.5 Å². The third-order valence-electron chi connectivity index (χ3n) is 3.40. The van der Waals surface area contributed by atoms with Crippen LogP contribution in [0.2, 0.25) is 0 Å². The number of aromatic nitrogens is 2. The number of amides is 1. The van der Waals surface area contributed by atoms with Crippen LogP contribution in [-0.2, 0) is 11.3 Å². The molecular weight excluding hydrogens is 269 g/mol. The van der Waals surface area contributed by atoms with Crippen molar-refractivity contribution in [3.63, 3.8) is 0 Å². The number of aryl methyl sites for hydroxylation is 1. The first kappa shape index (κ1) is 15.2. The van der Waals surface area contributed by atoms with Crippen LogP contribution < -0.4 is 5.32 Å². The first-order valence-corrected chi connectivity index (χ1v) is 7.10. The van der Waals surface area contributed by atoms with Crippen LogP contribution in [0.4, 0.5) is 10.1 Å². The quantitative estimate of drug-likeness (QED) is 0.916. The van der Waals surface area contributed by atoms with Crippen LogP contribution in [0.25, 0.3) is 0 Å². The SMILES string of the molecule is CCCC(=O)Nc1c(C)nn(Cc2ccccc2F)c1C. The van der Waals surface area contributed by atoms with Gasteiger partial charge in [-0.25, -0.2) is 4.39 Å². The summed E-state index contributed by atoms with van der Waals surface area (Å²) in [5.74, 6) is -0.268. The molecule has 1 N–H and O–H groups in total. The van der Waals surface area contributed by atoms with Crippen LogP contribution in [0.3, 0.4) is 0 Å². The highest BCUT2D eigenvalue weighted by atomic mass is 19.1. The number of carbonyl (C=O) groups excluding carboxylic acids is 1. The molecule has 0 unspecified atom stereocenters. The Morgan fingerprint density at radius 2 is 2.05 bits per heavy atom. The molecule has 112 valence electrons. The van der Waals surface area contributed by atoms with E-state index in [2.05, 4.69) is 10.4 Å². The van der Waals surface area contributed by atoms with Gasteiger partial charge in [-0.1, -0.05) is 25.1 Å². The highest BCUT2D eigenvalue weighted by Crippen LogP contribution is 2.21. The topological polar surface area (TPSA) is 46.9 Å². The number of benzene rings is 1. The molecule has 1 aromatic heterocycles. The summed E-state index contributed by atoms with van der Waals surface area (Å²) in [6.07, 6.45) is 1.28. The fourth-order valence-corrected chi connectivity index (χ4v) is 2.25. The number of anilines is 1. The zero-order valence-corrected chi connectivity index (χ0v) is 12.6. The monoisotopic (exact) mass is 289 g/mol. The summed E-state index contributed by atoms with van der Waals surface area (Å²) in [6, 6.07) is 6.64. The number of nitrogens with one attached hydrogen (secondary N) is 1. The van der Waals surface area contributed by atoms with E-state index in [-0.39, 0.29) is 11.7 Å². The summed E-state index contributed by atoms with van der Waals surface area (Å²) < 4.78 is 15.4. The molecule has 0 atom stereocenters. The van der Waals surface area contributed by atoms with E-state index in [1.54, 1.807) is 22.9 Å². The van der Waals surface area contributed by atoms with Crippen molar-refractivity contribution in [3.8, 4) is 0 Å². The van der Waals surface area contributed by atoms with Crippen LogP contribution in [0.1, 0.15) is 36.7 Å². The molecule has 5 heteroatoms. The predicted octanol–water partition coefficient (Wildman–Crippen LogP) is 3.43. The average Bonchev–Trinajstić information content (AvgIpc) is 2.69. The number of hydrogen-bond donors (Lipinski definition) is 1. The van der Waals surface area contributed by atoms with E-state index in [1.165, 1.54) is 6.07 Å². The van der Waals surface area contributed by atoms with Gasteiger partial charge in [0.15, 0.2) is 0 Å². The number of carbonyl (C=O) groups is 1. The second-order valence-electron chi connectivity index (χ2n) is 5.09. The molecule has 0 aliphatic rings. The normalized spacial score (nSPS) is 10.7. The zero-order valence-electron chi connectivity index (χ0n) is 12.6. The smallest absolute Gasteiger partial charge is 0.224 e. The lowest BCUT2D eigenvalue weighted by Crippen LogP contribution is -2.12. The molecule has 21 heavy (non-hydrogen) atoms. The molecule has 1 aromatic carbocycles. The van der Waals surface area contributed by atoms with Crippen LogP contribution in [-0.4, -0.2) is 15.7 Å². The fourth-order valence-electron chi connectivity index (χ4n) is 2.25. The summed E-state index contributed by atoms with van der Waals surface area (Å²) in [5, 5.41) is 7.28. The van der Waals surface area contributed by atoms with E-state index in [1.807, 2.05) is 20.8 Å². The van der Waals surface area contributed by atoms with Crippen molar-refractivity contribution in [3.05, 3.63) is 47.0 Å². The Morgan fingerprint density at radius 3 is 2.71 bits per heavy atom. The summed E-state index contributed by atoms with van der Waals surface area (Å²) >= 11 is 0. The molecule has 0 bridgehead atoms. The molecule has 0 saturated heterocycles. The van der Waals surface area contributed by atoms with E-state index < -0.39 is 0 Å². The van der Waals surface area contributed by atoms with Crippen molar-refractivity contribution in [1.82, 2.24) is 9.78 Å². The summed E-state index contributed by atoms with van der Waals surface area (Å²) in [4.78, 5) is 11.7. The fraction of sp³-hybridized carbons (Fsp3) is 0.375. The standard InChI is InChI=1S/C16H20FN3O/c1-4-7-15(21)18-16-11(2)19-20(12(16)3)10-13-8-5-6-9-14(13)17/h5-6,8-9H,4,7,10H2,1-3H3,(H,18,21). The van der Waals surface area contributed by atoms with Gasteiger partial charge in [-0.2, -0.15) is 5.10 Å². The van der Waals surface area contributed by atoms with E-state index >= 15 is 0 Å². The molecule has 0 aliphatic carbocycles. The molecule has 0 radical (unpaired) electrons. The third-order valence-corrected chi connectivity index (χ3v) is 3.40. The zero-order chi connectivity index (χ0) is 15.4. The highest BCUT2D eigenvalue weighted by molar-refractivity contribution is 5.91. The molecule has 1 amide bonds. The molecule has 2 aromatic rings. The Kier molecular flexibility index (Phi) is 4.73. The lowest BCUT2D eigenvalue weighted by molar-refractivity contribution is -0.116. The Balaban J connectivity index is 2.23. The first-order chi connectivity index (χ1) is 10.0. The van der Waals surface area contributed by atoms with Gasteiger partial charge >= 0.3 is 0 Å². The Bertz CT molecular complexity index is 649. The van der Waals surface area contributed by atoms with Gasteiger partial charge in [0.25, 0.3) is 0 Å². The summed E-state index contributed by atoms with van der Waals surface area (Å²) in [7, 11) is 0. The molecular formula is C16H20FN3O. The van der Waals surface area contributed by atoms with Gasteiger partial charge in [-0.15, -0.1) is 0 Å². The third kappa shape index (κ3) is 3.48. The van der Waals surface area contributed by atoms with Gasteiger partial charge in [0.1, 0.15) is 5.82 Å². The maximum Gasteiger partial charge on any atom is 0.224 e. The largest absolute Gasteiger partial charge is 0.323 e. The molecule has 0 saturated carbocycles. The Hall–Kier alpha value is -2.17. The molecule has 4 nitrogen and oxygen atoms in total. The number of rotatable bonds is 5. The van der Waals surface area contributed by atoms with Crippen molar-refractivity contribution in [2.75, 3.05) is 5.32 Å². The van der Waals surface area contributed by atoms with E-state index in [4.69, 9.17) is 0 Å². The number of halogens is 1. The maximum absolute atomic E-state index is 13.7. The lowest BCUT2D eigenvalue weighted by Gasteiger charge is -2.07. The number of hydrogen-bond acceptors (Lipinski definition) is 2. The van der Waals surface area contributed by atoms with Gasteiger partial charge in [0.2, 0.25) is 5.91 Å². The molecule has 0 fully saturated rings. The van der Waals surface area contributed by atoms with Gasteiger partial charge < -0.3 is 5.32 Å². The second kappa shape index (κ2) is 6.52.